The molecule has 0 radical (unpaired) electrons. The molecule has 1 saturated heterocycles. The Hall–Kier alpha value is -4.30. The van der Waals surface area contributed by atoms with E-state index in [0.29, 0.717) is 18.9 Å². The molecule has 0 atom stereocenters. The topological polar surface area (TPSA) is 87.4 Å². The lowest BCUT2D eigenvalue weighted by Crippen LogP contribution is -2.48. The molecule has 0 saturated carbocycles. The van der Waals surface area contributed by atoms with Gasteiger partial charge in [0.15, 0.2) is 0 Å². The molecule has 0 spiro atoms. The SMILES string of the molecule is Cc1ccc(Nc2ncnc(N3CCN(C(c4ccccc4)c4ccccc4)CC3)c2[N+](=O)[O-])c(C)c1. The van der Waals surface area contributed by atoms with Crippen molar-refractivity contribution in [1.82, 2.24) is 14.9 Å². The van der Waals surface area contributed by atoms with Crippen LogP contribution in [0.15, 0.2) is 85.2 Å². The Bertz CT molecular complexity index is 1330. The Morgan fingerprint density at radius 1 is 0.865 bits per heavy atom. The highest BCUT2D eigenvalue weighted by molar-refractivity contribution is 5.75. The Kier molecular flexibility index (Phi) is 7.09. The molecule has 37 heavy (non-hydrogen) atoms. The first-order valence-corrected chi connectivity index (χ1v) is 12.4. The van der Waals surface area contributed by atoms with Gasteiger partial charge in [-0.25, -0.2) is 9.97 Å². The van der Waals surface area contributed by atoms with Crippen molar-refractivity contribution >= 4 is 23.0 Å². The van der Waals surface area contributed by atoms with Crippen molar-refractivity contribution in [3.8, 4) is 0 Å². The van der Waals surface area contributed by atoms with E-state index in [1.165, 1.54) is 17.5 Å². The first kappa shape index (κ1) is 24.4. The van der Waals surface area contributed by atoms with Crippen LogP contribution >= 0.6 is 0 Å². The fraction of sp³-hybridized carbons (Fsp3) is 0.241. The molecule has 1 aliphatic heterocycles. The van der Waals surface area contributed by atoms with Crippen LogP contribution in [0.4, 0.5) is 23.0 Å². The van der Waals surface area contributed by atoms with E-state index >= 15 is 0 Å². The number of benzene rings is 3. The average Bonchev–Trinajstić information content (AvgIpc) is 2.92. The maximum atomic E-state index is 12.2. The van der Waals surface area contributed by atoms with E-state index in [4.69, 9.17) is 0 Å². The highest BCUT2D eigenvalue weighted by atomic mass is 16.6. The van der Waals surface area contributed by atoms with Crippen LogP contribution in [0.1, 0.15) is 28.3 Å². The molecule has 188 valence electrons. The molecule has 2 heterocycles. The monoisotopic (exact) mass is 494 g/mol. The molecule has 5 rings (SSSR count). The zero-order valence-electron chi connectivity index (χ0n) is 21.0. The minimum absolute atomic E-state index is 0.0985. The van der Waals surface area contributed by atoms with Crippen molar-refractivity contribution in [2.24, 2.45) is 0 Å². The Morgan fingerprint density at radius 2 is 1.49 bits per heavy atom. The number of hydrogen-bond acceptors (Lipinski definition) is 7. The van der Waals surface area contributed by atoms with Gasteiger partial charge in [0, 0.05) is 31.9 Å². The van der Waals surface area contributed by atoms with Crippen LogP contribution in [0.2, 0.25) is 0 Å². The van der Waals surface area contributed by atoms with Crippen molar-refractivity contribution in [3.05, 3.63) is 118 Å². The third-order valence-corrected chi connectivity index (χ3v) is 6.83. The first-order chi connectivity index (χ1) is 18.0. The second-order valence-electron chi connectivity index (χ2n) is 9.34. The number of nitrogens with zero attached hydrogens (tertiary/aromatic N) is 5. The number of nitro groups is 1. The van der Waals surface area contributed by atoms with Crippen LogP contribution in [0.25, 0.3) is 0 Å². The number of aryl methyl sites for hydroxylation is 2. The number of hydrogen-bond donors (Lipinski definition) is 1. The van der Waals surface area contributed by atoms with Gasteiger partial charge in [-0.15, -0.1) is 0 Å². The van der Waals surface area contributed by atoms with Gasteiger partial charge in [-0.05, 0) is 36.6 Å². The third-order valence-electron chi connectivity index (χ3n) is 6.83. The Balaban J connectivity index is 1.40. The van der Waals surface area contributed by atoms with Crippen LogP contribution in [-0.2, 0) is 0 Å². The molecule has 8 heteroatoms. The van der Waals surface area contributed by atoms with Crippen molar-refractivity contribution in [1.29, 1.82) is 0 Å². The van der Waals surface area contributed by atoms with Gasteiger partial charge in [-0.2, -0.15) is 0 Å². The van der Waals surface area contributed by atoms with E-state index < -0.39 is 0 Å². The largest absolute Gasteiger partial charge is 0.353 e. The summed E-state index contributed by atoms with van der Waals surface area (Å²) >= 11 is 0. The van der Waals surface area contributed by atoms with Crippen molar-refractivity contribution in [2.45, 2.75) is 19.9 Å². The summed E-state index contributed by atoms with van der Waals surface area (Å²) in [7, 11) is 0. The second kappa shape index (κ2) is 10.8. The molecule has 1 aromatic heterocycles. The number of anilines is 3. The molecule has 3 aromatic carbocycles. The van der Waals surface area contributed by atoms with Crippen LogP contribution in [0, 0.1) is 24.0 Å². The van der Waals surface area contributed by atoms with E-state index in [1.807, 2.05) is 49.1 Å². The third kappa shape index (κ3) is 5.29. The van der Waals surface area contributed by atoms with Gasteiger partial charge in [0.2, 0.25) is 11.6 Å². The predicted octanol–water partition coefficient (Wildman–Crippen LogP) is 5.66. The van der Waals surface area contributed by atoms with E-state index in [2.05, 4.69) is 68.7 Å². The van der Waals surface area contributed by atoms with E-state index in [9.17, 15) is 10.1 Å². The highest BCUT2D eigenvalue weighted by Gasteiger charge is 2.32. The molecule has 1 N–H and O–H groups in total. The maximum absolute atomic E-state index is 12.2. The predicted molar refractivity (Wildman–Crippen MR) is 146 cm³/mol. The molecule has 8 nitrogen and oxygen atoms in total. The van der Waals surface area contributed by atoms with Crippen molar-refractivity contribution < 1.29 is 4.92 Å². The fourth-order valence-corrected chi connectivity index (χ4v) is 5.02. The van der Waals surface area contributed by atoms with Gasteiger partial charge in [-0.1, -0.05) is 78.4 Å². The minimum Gasteiger partial charge on any atom is -0.348 e. The smallest absolute Gasteiger partial charge is 0.348 e. The van der Waals surface area contributed by atoms with Crippen LogP contribution in [0.5, 0.6) is 0 Å². The standard InChI is InChI=1S/C29H30N6O2/c1-21-13-14-25(22(2)19-21)32-28-27(35(36)37)29(31-20-30-28)34-17-15-33(16-18-34)26(23-9-5-3-6-10-23)24-11-7-4-8-12-24/h3-14,19-20,26H,15-18H2,1-2H3,(H,30,31,32). The summed E-state index contributed by atoms with van der Waals surface area (Å²) in [4.78, 5) is 24.9. The molecule has 0 aliphatic carbocycles. The summed E-state index contributed by atoms with van der Waals surface area (Å²) in [6.45, 7) is 6.72. The zero-order valence-corrected chi connectivity index (χ0v) is 21.0. The molecule has 4 aromatic rings. The summed E-state index contributed by atoms with van der Waals surface area (Å²) in [5.41, 5.74) is 5.28. The lowest BCUT2D eigenvalue weighted by molar-refractivity contribution is -0.383. The minimum atomic E-state index is -0.385. The molecule has 0 amide bonds. The van der Waals surface area contributed by atoms with Gasteiger partial charge in [0.05, 0.1) is 11.0 Å². The van der Waals surface area contributed by atoms with Crippen LogP contribution in [-0.4, -0.2) is 46.0 Å². The Labute approximate surface area is 216 Å². The zero-order chi connectivity index (χ0) is 25.8. The number of nitrogens with one attached hydrogen (secondary N) is 1. The van der Waals surface area contributed by atoms with Gasteiger partial charge >= 0.3 is 5.69 Å². The molecule has 1 fully saturated rings. The Morgan fingerprint density at radius 3 is 2.05 bits per heavy atom. The molecule has 1 aliphatic rings. The molecule has 0 unspecified atom stereocenters. The van der Waals surface area contributed by atoms with Gasteiger partial charge in [-0.3, -0.25) is 15.0 Å². The van der Waals surface area contributed by atoms with E-state index in [0.717, 1.165) is 29.9 Å². The normalized spacial score (nSPS) is 14.1. The molecular weight excluding hydrogens is 464 g/mol. The van der Waals surface area contributed by atoms with Gasteiger partial charge in [0.25, 0.3) is 0 Å². The quantitative estimate of drug-likeness (QED) is 0.262. The van der Waals surface area contributed by atoms with E-state index in [1.54, 1.807) is 0 Å². The second-order valence-corrected chi connectivity index (χ2v) is 9.34. The number of piperazine rings is 1. The fourth-order valence-electron chi connectivity index (χ4n) is 5.02. The highest BCUT2D eigenvalue weighted by Crippen LogP contribution is 2.36. The average molecular weight is 495 g/mol. The van der Waals surface area contributed by atoms with Crippen molar-refractivity contribution in [2.75, 3.05) is 36.4 Å². The van der Waals surface area contributed by atoms with Crippen molar-refractivity contribution in [3.63, 3.8) is 0 Å². The van der Waals surface area contributed by atoms with Gasteiger partial charge < -0.3 is 10.2 Å². The number of rotatable bonds is 7. The summed E-state index contributed by atoms with van der Waals surface area (Å²) in [5.74, 6) is 0.554. The first-order valence-electron chi connectivity index (χ1n) is 12.4. The van der Waals surface area contributed by atoms with E-state index in [-0.39, 0.29) is 22.5 Å². The maximum Gasteiger partial charge on any atom is 0.353 e. The molecule has 0 bridgehead atoms. The van der Waals surface area contributed by atoms with Gasteiger partial charge in [0.1, 0.15) is 6.33 Å². The lowest BCUT2D eigenvalue weighted by atomic mass is 9.96. The number of aromatic nitrogens is 2. The summed E-state index contributed by atoms with van der Waals surface area (Å²) in [6, 6.07) is 27.0. The van der Waals surface area contributed by atoms with Crippen LogP contribution in [0.3, 0.4) is 0 Å². The summed E-state index contributed by atoms with van der Waals surface area (Å²) in [5, 5.41) is 15.4. The summed E-state index contributed by atoms with van der Waals surface area (Å²) in [6.07, 6.45) is 1.40. The lowest BCUT2D eigenvalue weighted by Gasteiger charge is -2.40. The van der Waals surface area contributed by atoms with Crippen LogP contribution < -0.4 is 10.2 Å². The molecular formula is C29H30N6O2. The summed E-state index contributed by atoms with van der Waals surface area (Å²) < 4.78 is 0.